The predicted molar refractivity (Wildman–Crippen MR) is 113 cm³/mol. The largest absolute Gasteiger partial charge is 0.383 e. The molecule has 3 aromatic rings. The number of thiophene rings is 1. The minimum absolute atomic E-state index is 0.0408. The summed E-state index contributed by atoms with van der Waals surface area (Å²) in [5.74, 6) is 1.56. The van der Waals surface area contributed by atoms with E-state index in [2.05, 4.69) is 53.7 Å². The number of nitrogens with one attached hydrogen (secondary N) is 3. The summed E-state index contributed by atoms with van der Waals surface area (Å²) < 4.78 is 6.67. The van der Waals surface area contributed by atoms with Crippen LogP contribution in [0.3, 0.4) is 0 Å². The molecule has 0 radical (unpaired) electrons. The van der Waals surface area contributed by atoms with Gasteiger partial charge in [-0.25, -0.2) is 4.98 Å². The van der Waals surface area contributed by atoms with E-state index in [1.54, 1.807) is 17.5 Å². The molecular formula is C20H27N5OS. The smallest absolute Gasteiger partial charge is 0.129 e. The number of pyridine rings is 1. The quantitative estimate of drug-likeness (QED) is 0.592. The molecule has 1 aliphatic heterocycles. The number of hydrogen-bond donors (Lipinski definition) is 3. The number of anilines is 2. The molecule has 1 fully saturated rings. The van der Waals surface area contributed by atoms with Gasteiger partial charge in [0.2, 0.25) is 0 Å². The van der Waals surface area contributed by atoms with Crippen LogP contribution in [0.4, 0.5) is 11.5 Å². The Morgan fingerprint density at radius 3 is 2.78 bits per heavy atom. The van der Waals surface area contributed by atoms with Gasteiger partial charge in [-0.2, -0.15) is 5.10 Å². The summed E-state index contributed by atoms with van der Waals surface area (Å²) >= 11 is 1.75. The first-order chi connectivity index (χ1) is 13.0. The van der Waals surface area contributed by atoms with Crippen LogP contribution in [0.2, 0.25) is 0 Å². The lowest BCUT2D eigenvalue weighted by atomic mass is 10.0. The average Bonchev–Trinajstić information content (AvgIpc) is 3.28. The molecule has 1 saturated heterocycles. The molecule has 144 valence electrons. The number of nitrogens with zero attached hydrogens (tertiary/aromatic N) is 2. The van der Waals surface area contributed by atoms with Crippen LogP contribution >= 0.6 is 11.3 Å². The molecule has 27 heavy (non-hydrogen) atoms. The van der Waals surface area contributed by atoms with Crippen molar-refractivity contribution < 1.29 is 4.74 Å². The Labute approximate surface area is 163 Å². The maximum absolute atomic E-state index is 5.49. The Morgan fingerprint density at radius 2 is 2.07 bits per heavy atom. The molecule has 4 heterocycles. The second-order valence-electron chi connectivity index (χ2n) is 8.16. The summed E-state index contributed by atoms with van der Waals surface area (Å²) in [5.41, 5.74) is 3.14. The highest BCUT2D eigenvalue weighted by atomic mass is 32.1. The molecule has 6 nitrogen and oxygen atoms in total. The van der Waals surface area contributed by atoms with E-state index in [4.69, 9.17) is 9.72 Å². The SMILES string of the molecule is CC(C)(C)Nc1cc(NCC2CCOCC2)c2sc(-c3ccn[nH]3)cc2n1. The molecule has 0 aliphatic carbocycles. The minimum Gasteiger partial charge on any atom is -0.383 e. The van der Waals surface area contributed by atoms with E-state index in [0.29, 0.717) is 5.92 Å². The van der Waals surface area contributed by atoms with Gasteiger partial charge < -0.3 is 15.4 Å². The van der Waals surface area contributed by atoms with E-state index in [1.165, 1.54) is 4.70 Å². The lowest BCUT2D eigenvalue weighted by molar-refractivity contribution is 0.0699. The Morgan fingerprint density at radius 1 is 1.26 bits per heavy atom. The van der Waals surface area contributed by atoms with E-state index in [0.717, 1.165) is 60.2 Å². The zero-order valence-electron chi connectivity index (χ0n) is 16.1. The molecule has 0 unspecified atom stereocenters. The summed E-state index contributed by atoms with van der Waals surface area (Å²) in [6.07, 6.45) is 4.03. The van der Waals surface area contributed by atoms with Gasteiger partial charge >= 0.3 is 0 Å². The summed E-state index contributed by atoms with van der Waals surface area (Å²) in [4.78, 5) is 6.00. The fourth-order valence-electron chi connectivity index (χ4n) is 3.33. The van der Waals surface area contributed by atoms with Crippen LogP contribution in [0.25, 0.3) is 20.8 Å². The molecular weight excluding hydrogens is 358 g/mol. The monoisotopic (exact) mass is 385 g/mol. The maximum Gasteiger partial charge on any atom is 0.129 e. The lowest BCUT2D eigenvalue weighted by Gasteiger charge is -2.24. The summed E-state index contributed by atoms with van der Waals surface area (Å²) in [6, 6.07) is 6.27. The molecule has 3 N–H and O–H groups in total. The van der Waals surface area contributed by atoms with Crippen LogP contribution in [-0.4, -0.2) is 40.5 Å². The van der Waals surface area contributed by atoms with Gasteiger partial charge in [0.05, 0.1) is 26.5 Å². The van der Waals surface area contributed by atoms with Crippen molar-refractivity contribution >= 4 is 33.1 Å². The van der Waals surface area contributed by atoms with Gasteiger partial charge in [-0.1, -0.05) is 0 Å². The second kappa shape index (κ2) is 7.48. The van der Waals surface area contributed by atoms with Gasteiger partial charge in [0.25, 0.3) is 0 Å². The molecule has 3 aromatic heterocycles. The number of H-pyrrole nitrogens is 1. The fraction of sp³-hybridized carbons (Fsp3) is 0.500. The van der Waals surface area contributed by atoms with Crippen molar-refractivity contribution in [3.63, 3.8) is 0 Å². The number of fused-ring (bicyclic) bond motifs is 1. The van der Waals surface area contributed by atoms with Gasteiger partial charge in [0.15, 0.2) is 0 Å². The molecule has 0 aromatic carbocycles. The van der Waals surface area contributed by atoms with Gasteiger partial charge in [-0.3, -0.25) is 5.10 Å². The third-order valence-corrected chi connectivity index (χ3v) is 5.86. The average molecular weight is 386 g/mol. The van der Waals surface area contributed by atoms with Gasteiger partial charge in [0.1, 0.15) is 5.82 Å². The molecule has 1 aliphatic rings. The van der Waals surface area contributed by atoms with E-state index >= 15 is 0 Å². The van der Waals surface area contributed by atoms with Crippen LogP contribution in [0.15, 0.2) is 24.4 Å². The zero-order chi connectivity index (χ0) is 18.9. The summed E-state index contributed by atoms with van der Waals surface area (Å²) in [6.45, 7) is 9.16. The van der Waals surface area contributed by atoms with Crippen molar-refractivity contribution in [2.75, 3.05) is 30.4 Å². The summed E-state index contributed by atoms with van der Waals surface area (Å²) in [5, 5.41) is 14.3. The maximum atomic E-state index is 5.49. The van der Waals surface area contributed by atoms with E-state index in [9.17, 15) is 0 Å². The minimum atomic E-state index is -0.0408. The topological polar surface area (TPSA) is 74.9 Å². The predicted octanol–water partition coefficient (Wildman–Crippen LogP) is 4.74. The third kappa shape index (κ3) is 4.42. The van der Waals surface area contributed by atoms with Gasteiger partial charge in [0, 0.05) is 37.6 Å². The lowest BCUT2D eigenvalue weighted by Crippen LogP contribution is -2.27. The first-order valence-electron chi connectivity index (χ1n) is 9.52. The van der Waals surface area contributed by atoms with E-state index in [1.807, 2.05) is 6.07 Å². The third-order valence-electron chi connectivity index (χ3n) is 4.67. The zero-order valence-corrected chi connectivity index (χ0v) is 16.9. The van der Waals surface area contributed by atoms with Crippen molar-refractivity contribution in [1.29, 1.82) is 0 Å². The molecule has 0 amide bonds. The van der Waals surface area contributed by atoms with Crippen molar-refractivity contribution in [3.8, 4) is 10.6 Å². The van der Waals surface area contributed by atoms with Crippen molar-refractivity contribution in [2.45, 2.75) is 39.2 Å². The summed E-state index contributed by atoms with van der Waals surface area (Å²) in [7, 11) is 0. The Kier molecular flexibility index (Phi) is 5.06. The Hall–Kier alpha value is -2.12. The molecule has 0 bridgehead atoms. The number of ether oxygens (including phenoxy) is 1. The van der Waals surface area contributed by atoms with Crippen molar-refractivity contribution in [3.05, 3.63) is 24.4 Å². The van der Waals surface area contributed by atoms with Crippen LogP contribution in [0, 0.1) is 5.92 Å². The van der Waals surface area contributed by atoms with Crippen LogP contribution < -0.4 is 10.6 Å². The van der Waals surface area contributed by atoms with E-state index in [-0.39, 0.29) is 5.54 Å². The molecule has 0 atom stereocenters. The second-order valence-corrected chi connectivity index (χ2v) is 9.21. The number of rotatable bonds is 5. The standard InChI is InChI=1S/C20H27N5OS/c1-20(2,3)24-18-11-15(21-12-13-5-8-26-9-6-13)19-16(23-18)10-17(27-19)14-4-7-22-25-14/h4,7,10-11,13H,5-6,8-9,12H2,1-3H3,(H,22,25)(H2,21,23,24). The van der Waals surface area contributed by atoms with Crippen molar-refractivity contribution in [1.82, 2.24) is 15.2 Å². The molecule has 7 heteroatoms. The number of hydrogen-bond acceptors (Lipinski definition) is 6. The molecule has 0 spiro atoms. The van der Waals surface area contributed by atoms with Gasteiger partial charge in [-0.05, 0) is 51.7 Å². The number of aromatic nitrogens is 3. The van der Waals surface area contributed by atoms with Crippen molar-refractivity contribution in [2.24, 2.45) is 5.92 Å². The van der Waals surface area contributed by atoms with E-state index < -0.39 is 0 Å². The Balaban J connectivity index is 1.66. The highest BCUT2D eigenvalue weighted by Gasteiger charge is 2.18. The highest BCUT2D eigenvalue weighted by molar-refractivity contribution is 7.22. The van der Waals surface area contributed by atoms with Gasteiger partial charge in [-0.15, -0.1) is 11.3 Å². The highest BCUT2D eigenvalue weighted by Crippen LogP contribution is 2.38. The first-order valence-corrected chi connectivity index (χ1v) is 10.3. The van der Waals surface area contributed by atoms with Crippen LogP contribution in [-0.2, 0) is 4.74 Å². The normalized spacial score (nSPS) is 16.0. The first kappa shape index (κ1) is 18.3. The fourth-order valence-corrected chi connectivity index (χ4v) is 4.40. The number of aromatic amines is 1. The van der Waals surface area contributed by atoms with Crippen LogP contribution in [0.1, 0.15) is 33.6 Å². The Bertz CT molecular complexity index is 891. The molecule has 4 rings (SSSR count). The molecule has 0 saturated carbocycles. The van der Waals surface area contributed by atoms with Crippen LogP contribution in [0.5, 0.6) is 0 Å².